The van der Waals surface area contributed by atoms with Gasteiger partial charge < -0.3 is 5.32 Å². The number of hydrogen-bond donors (Lipinski definition) is 1. The molecule has 19 heavy (non-hydrogen) atoms. The number of rotatable bonds is 3. The molecule has 0 aliphatic carbocycles. The van der Waals surface area contributed by atoms with E-state index in [1.54, 1.807) is 6.92 Å². The first-order chi connectivity index (χ1) is 8.91. The van der Waals surface area contributed by atoms with Crippen LogP contribution in [0, 0.1) is 0 Å². The zero-order valence-corrected chi connectivity index (χ0v) is 10.5. The minimum Gasteiger partial charge on any atom is -0.305 e. The van der Waals surface area contributed by atoms with Gasteiger partial charge in [0.25, 0.3) is 0 Å². The van der Waals surface area contributed by atoms with Crippen molar-refractivity contribution in [3.63, 3.8) is 0 Å². The number of ketones is 1. The lowest BCUT2D eigenvalue weighted by Gasteiger charge is -2.27. The molecule has 1 saturated heterocycles. The van der Waals surface area contributed by atoms with Crippen LogP contribution in [0.1, 0.15) is 42.1 Å². The number of nitrogens with one attached hydrogen (secondary N) is 1. The van der Waals surface area contributed by atoms with Crippen molar-refractivity contribution in [2.24, 2.45) is 0 Å². The van der Waals surface area contributed by atoms with Crippen molar-refractivity contribution < 1.29 is 18.0 Å². The van der Waals surface area contributed by atoms with Crippen LogP contribution in [0.25, 0.3) is 0 Å². The molecule has 1 aliphatic rings. The lowest BCUT2D eigenvalue weighted by molar-refractivity contribution is -0.138. The van der Waals surface area contributed by atoms with Crippen molar-refractivity contribution in [1.29, 1.82) is 0 Å². The van der Waals surface area contributed by atoms with Crippen LogP contribution in [0.4, 0.5) is 13.2 Å². The van der Waals surface area contributed by atoms with Gasteiger partial charge in [0.05, 0.1) is 16.7 Å². The number of Topliss-reactive ketones (excluding diaryl/α,β-unsaturated/α-hetero) is 1. The number of carbonyl (C=O) groups excluding carboxylic acids is 1. The van der Waals surface area contributed by atoms with E-state index in [-0.39, 0.29) is 5.56 Å². The largest absolute Gasteiger partial charge is 0.417 e. The lowest BCUT2D eigenvalue weighted by Crippen LogP contribution is -2.47. The first-order valence-corrected chi connectivity index (χ1v) is 6.22. The normalized spacial score (nSPS) is 23.6. The smallest absolute Gasteiger partial charge is 0.305 e. The molecule has 2 heterocycles. The summed E-state index contributed by atoms with van der Waals surface area (Å²) in [5.41, 5.74) is -2.12. The maximum absolute atomic E-state index is 12.9. The average molecular weight is 272 g/mol. The van der Waals surface area contributed by atoms with Gasteiger partial charge in [-0.15, -0.1) is 0 Å². The van der Waals surface area contributed by atoms with E-state index in [0.717, 1.165) is 24.9 Å². The molecule has 0 saturated carbocycles. The number of halogens is 3. The van der Waals surface area contributed by atoms with Gasteiger partial charge in [-0.05, 0) is 31.9 Å². The Bertz CT molecular complexity index is 479. The molecule has 0 bridgehead atoms. The Hall–Kier alpha value is -1.43. The molecule has 1 aromatic heterocycles. The van der Waals surface area contributed by atoms with Crippen molar-refractivity contribution >= 4 is 5.78 Å². The monoisotopic (exact) mass is 272 g/mol. The molecule has 0 spiro atoms. The maximum atomic E-state index is 12.9. The fraction of sp³-hybridized carbons (Fsp3) is 0.538. The van der Waals surface area contributed by atoms with Crippen LogP contribution >= 0.6 is 0 Å². The van der Waals surface area contributed by atoms with E-state index in [9.17, 15) is 18.0 Å². The third-order valence-electron chi connectivity index (χ3n) is 3.65. The second-order valence-corrected chi connectivity index (χ2v) is 4.71. The third-order valence-corrected chi connectivity index (χ3v) is 3.65. The fourth-order valence-electron chi connectivity index (χ4n) is 2.54. The first-order valence-electron chi connectivity index (χ1n) is 6.22. The molecule has 1 N–H and O–H groups in total. The second kappa shape index (κ2) is 4.92. The molecule has 0 amide bonds. The van der Waals surface area contributed by atoms with E-state index in [4.69, 9.17) is 0 Å². The highest BCUT2D eigenvalue weighted by molar-refractivity contribution is 6.04. The fourth-order valence-corrected chi connectivity index (χ4v) is 2.54. The predicted octanol–water partition coefficient (Wildman–Crippen LogP) is 2.82. The van der Waals surface area contributed by atoms with Gasteiger partial charge in [0.1, 0.15) is 0 Å². The van der Waals surface area contributed by atoms with Gasteiger partial charge in [-0.25, -0.2) is 0 Å². The summed E-state index contributed by atoms with van der Waals surface area (Å²) in [7, 11) is 0. The molecule has 104 valence electrons. The summed E-state index contributed by atoms with van der Waals surface area (Å²) in [4.78, 5) is 16.1. The Morgan fingerprint density at radius 2 is 2.26 bits per heavy atom. The first kappa shape index (κ1) is 14.0. The maximum Gasteiger partial charge on any atom is 0.417 e. The van der Waals surface area contributed by atoms with Gasteiger partial charge >= 0.3 is 6.18 Å². The lowest BCUT2D eigenvalue weighted by atomic mass is 9.84. The zero-order valence-electron chi connectivity index (χ0n) is 10.5. The molecule has 0 aromatic carbocycles. The van der Waals surface area contributed by atoms with Gasteiger partial charge in [0.2, 0.25) is 0 Å². The molecule has 1 aliphatic heterocycles. The Kier molecular flexibility index (Phi) is 3.62. The van der Waals surface area contributed by atoms with E-state index in [1.807, 2.05) is 0 Å². The number of alkyl halides is 3. The number of carbonyl (C=O) groups is 1. The highest BCUT2D eigenvalue weighted by Gasteiger charge is 2.43. The van der Waals surface area contributed by atoms with E-state index in [1.165, 1.54) is 0 Å². The topological polar surface area (TPSA) is 42.0 Å². The Morgan fingerprint density at radius 1 is 1.53 bits per heavy atom. The summed E-state index contributed by atoms with van der Waals surface area (Å²) >= 11 is 0. The molecule has 2 rings (SSSR count). The molecule has 1 unspecified atom stereocenters. The van der Waals surface area contributed by atoms with E-state index in [0.29, 0.717) is 19.4 Å². The number of aromatic nitrogens is 1. The van der Waals surface area contributed by atoms with Crippen LogP contribution in [0.2, 0.25) is 0 Å². The highest BCUT2D eigenvalue weighted by Crippen LogP contribution is 2.35. The van der Waals surface area contributed by atoms with Crippen molar-refractivity contribution in [2.45, 2.75) is 37.9 Å². The summed E-state index contributed by atoms with van der Waals surface area (Å²) in [6.45, 7) is 2.46. The van der Waals surface area contributed by atoms with Gasteiger partial charge in [-0.2, -0.15) is 13.2 Å². The molecule has 1 fully saturated rings. The molecule has 6 heteroatoms. The van der Waals surface area contributed by atoms with Crippen LogP contribution < -0.4 is 5.32 Å². The average Bonchev–Trinajstić information content (AvgIpc) is 2.87. The van der Waals surface area contributed by atoms with Crippen LogP contribution in [-0.4, -0.2) is 22.9 Å². The van der Waals surface area contributed by atoms with Crippen molar-refractivity contribution in [1.82, 2.24) is 10.3 Å². The van der Waals surface area contributed by atoms with Gasteiger partial charge in [-0.1, -0.05) is 6.92 Å². The quantitative estimate of drug-likeness (QED) is 0.860. The van der Waals surface area contributed by atoms with Crippen LogP contribution in [0.3, 0.4) is 0 Å². The van der Waals surface area contributed by atoms with Gasteiger partial charge in [-0.3, -0.25) is 9.78 Å². The van der Waals surface area contributed by atoms with Crippen molar-refractivity contribution in [3.05, 3.63) is 29.6 Å². The summed E-state index contributed by atoms with van der Waals surface area (Å²) < 4.78 is 38.8. The van der Waals surface area contributed by atoms with Gasteiger partial charge in [0.15, 0.2) is 5.78 Å². The highest BCUT2D eigenvalue weighted by atomic mass is 19.4. The Morgan fingerprint density at radius 3 is 2.79 bits per heavy atom. The number of hydrogen-bond acceptors (Lipinski definition) is 3. The minimum absolute atomic E-state index is 0.341. The summed E-state index contributed by atoms with van der Waals surface area (Å²) in [5.74, 6) is -0.507. The standard InChI is InChI=1S/C13H15F3N2O/c1-2-12(5-3-6-18-12)11(19)9-8-17-7-4-10(9)13(14,15)16/h4,7-8,18H,2-3,5-6H2,1H3. The molecule has 1 aromatic rings. The molecular formula is C13H15F3N2O. The number of nitrogens with zero attached hydrogens (tertiary/aromatic N) is 1. The van der Waals surface area contributed by atoms with Crippen LogP contribution in [0.5, 0.6) is 0 Å². The van der Waals surface area contributed by atoms with Crippen molar-refractivity contribution in [3.8, 4) is 0 Å². The van der Waals surface area contributed by atoms with Crippen LogP contribution in [-0.2, 0) is 6.18 Å². The summed E-state index contributed by atoms with van der Waals surface area (Å²) in [6.07, 6.45) is -0.641. The minimum atomic E-state index is -4.54. The number of pyridine rings is 1. The predicted molar refractivity (Wildman–Crippen MR) is 63.8 cm³/mol. The molecule has 1 atom stereocenters. The van der Waals surface area contributed by atoms with Crippen LogP contribution in [0.15, 0.2) is 18.5 Å². The zero-order chi connectivity index (χ0) is 14.1. The molecular weight excluding hydrogens is 257 g/mol. The third kappa shape index (κ3) is 2.49. The summed E-state index contributed by atoms with van der Waals surface area (Å²) in [6, 6.07) is 0.853. The van der Waals surface area contributed by atoms with E-state index >= 15 is 0 Å². The van der Waals surface area contributed by atoms with Gasteiger partial charge in [0, 0.05) is 12.4 Å². The summed E-state index contributed by atoms with van der Waals surface area (Å²) in [5, 5.41) is 3.05. The van der Waals surface area contributed by atoms with Crippen molar-refractivity contribution in [2.75, 3.05) is 6.54 Å². The second-order valence-electron chi connectivity index (χ2n) is 4.71. The van der Waals surface area contributed by atoms with E-state index in [2.05, 4.69) is 10.3 Å². The SMILES string of the molecule is CCC1(C(=O)c2cnccc2C(F)(F)F)CCCN1. The molecule has 0 radical (unpaired) electrons. The van der Waals surface area contributed by atoms with E-state index < -0.39 is 23.1 Å². The Balaban J connectivity index is 2.45. The molecule has 3 nitrogen and oxygen atoms in total. The Labute approximate surface area is 109 Å².